The summed E-state index contributed by atoms with van der Waals surface area (Å²) < 4.78 is 10.2. The second-order valence-corrected chi connectivity index (χ2v) is 6.16. The van der Waals surface area contributed by atoms with Crippen LogP contribution >= 0.6 is 0 Å². The predicted molar refractivity (Wildman–Crippen MR) is 83.0 cm³/mol. The van der Waals surface area contributed by atoms with Gasteiger partial charge in [-0.15, -0.1) is 0 Å². The van der Waals surface area contributed by atoms with Crippen LogP contribution in [0.15, 0.2) is 30.3 Å². The van der Waals surface area contributed by atoms with Crippen LogP contribution in [0.1, 0.15) is 38.3 Å². The Morgan fingerprint density at radius 2 is 2.09 bits per heavy atom. The topological polar surface area (TPSA) is 64.6 Å². The van der Waals surface area contributed by atoms with E-state index in [1.807, 2.05) is 18.2 Å². The van der Waals surface area contributed by atoms with E-state index >= 15 is 0 Å². The fourth-order valence-electron chi connectivity index (χ4n) is 2.39. The lowest BCUT2D eigenvalue weighted by molar-refractivity contribution is -0.134. The smallest absolute Gasteiger partial charge is 0.410 e. The molecule has 5 nitrogen and oxygen atoms in total. The van der Waals surface area contributed by atoms with Crippen molar-refractivity contribution in [3.05, 3.63) is 41.5 Å². The van der Waals surface area contributed by atoms with Crippen molar-refractivity contribution in [2.45, 2.75) is 45.4 Å². The molecule has 0 fully saturated rings. The lowest BCUT2D eigenvalue weighted by Crippen LogP contribution is -2.40. The molecule has 0 aromatic heterocycles. The normalized spacial score (nSPS) is 14.6. The summed E-state index contributed by atoms with van der Waals surface area (Å²) in [5.41, 5.74) is 2.82. The maximum atomic E-state index is 11.8. The second kappa shape index (κ2) is 6.64. The molecule has 118 valence electrons. The molecular formula is C17H21NO4. The molecule has 0 bridgehead atoms. The highest BCUT2D eigenvalue weighted by molar-refractivity contribution is 5.74. The van der Waals surface area contributed by atoms with Crippen LogP contribution in [0.3, 0.4) is 0 Å². The second-order valence-electron chi connectivity index (χ2n) is 6.16. The first-order valence-corrected chi connectivity index (χ1v) is 7.25. The first-order chi connectivity index (χ1) is 10.4. The Bertz CT molecular complexity index is 587. The minimum absolute atomic E-state index is 0.337. The molecule has 1 atom stereocenters. The van der Waals surface area contributed by atoms with Crippen molar-refractivity contribution in [1.29, 1.82) is 0 Å². The lowest BCUT2D eigenvalue weighted by Gasteiger charge is -2.23. The van der Waals surface area contributed by atoms with Gasteiger partial charge in [-0.05, 0) is 43.9 Å². The van der Waals surface area contributed by atoms with Crippen molar-refractivity contribution in [3.63, 3.8) is 0 Å². The largest absolute Gasteiger partial charge is 0.444 e. The van der Waals surface area contributed by atoms with Gasteiger partial charge in [0.15, 0.2) is 6.23 Å². The number of hydrogen-bond donors (Lipinski definition) is 1. The summed E-state index contributed by atoms with van der Waals surface area (Å²) in [5.74, 6) is 0. The van der Waals surface area contributed by atoms with Gasteiger partial charge in [-0.2, -0.15) is 0 Å². The van der Waals surface area contributed by atoms with Crippen molar-refractivity contribution in [2.24, 2.45) is 0 Å². The number of alkyl carbamates (subject to hydrolysis) is 1. The monoisotopic (exact) mass is 303 g/mol. The summed E-state index contributed by atoms with van der Waals surface area (Å²) in [7, 11) is 0. The van der Waals surface area contributed by atoms with Crippen LogP contribution in [0, 0.1) is 0 Å². The molecule has 0 radical (unpaired) electrons. The molecule has 0 saturated carbocycles. The molecule has 0 saturated heterocycles. The fourth-order valence-corrected chi connectivity index (χ4v) is 2.39. The molecular weight excluding hydrogens is 282 g/mol. The summed E-state index contributed by atoms with van der Waals surface area (Å²) in [5, 5.41) is 2.58. The zero-order valence-electron chi connectivity index (χ0n) is 13.1. The molecule has 1 aromatic carbocycles. The van der Waals surface area contributed by atoms with Crippen LogP contribution in [-0.2, 0) is 20.7 Å². The van der Waals surface area contributed by atoms with Gasteiger partial charge in [0, 0.05) is 6.42 Å². The Morgan fingerprint density at radius 1 is 1.36 bits per heavy atom. The summed E-state index contributed by atoms with van der Waals surface area (Å²) in [6, 6.07) is 8.05. The standard InChI is InChI=1S/C17H21NO4/c1-17(2,3)22-16(20)18-15(21-11-19)10-13-9-8-12-6-4-5-7-14(12)13/h4-7,9,11,15H,8,10H2,1-3H3,(H,18,20). The van der Waals surface area contributed by atoms with Gasteiger partial charge in [-0.1, -0.05) is 30.3 Å². The fraction of sp³-hybridized carbons (Fsp3) is 0.412. The van der Waals surface area contributed by atoms with Crippen LogP contribution in [0.5, 0.6) is 0 Å². The van der Waals surface area contributed by atoms with Crippen molar-refractivity contribution in [2.75, 3.05) is 0 Å². The molecule has 0 heterocycles. The van der Waals surface area contributed by atoms with Gasteiger partial charge in [0.05, 0.1) is 0 Å². The highest BCUT2D eigenvalue weighted by Crippen LogP contribution is 2.30. The highest BCUT2D eigenvalue weighted by Gasteiger charge is 2.23. The third kappa shape index (κ3) is 4.35. The highest BCUT2D eigenvalue weighted by atomic mass is 16.6. The first-order valence-electron chi connectivity index (χ1n) is 7.25. The van der Waals surface area contributed by atoms with Crippen molar-refractivity contribution in [3.8, 4) is 0 Å². The van der Waals surface area contributed by atoms with E-state index in [9.17, 15) is 9.59 Å². The molecule has 0 aliphatic heterocycles. The van der Waals surface area contributed by atoms with Crippen LogP contribution in [-0.4, -0.2) is 24.4 Å². The minimum Gasteiger partial charge on any atom is -0.444 e. The number of nitrogens with one attached hydrogen (secondary N) is 1. The van der Waals surface area contributed by atoms with Crippen LogP contribution in [0.2, 0.25) is 0 Å². The summed E-state index contributed by atoms with van der Waals surface area (Å²) in [6.45, 7) is 5.66. The summed E-state index contributed by atoms with van der Waals surface area (Å²) >= 11 is 0. The molecule has 2 rings (SSSR count). The number of allylic oxidation sites excluding steroid dienone is 1. The first kappa shape index (κ1) is 16.1. The Kier molecular flexibility index (Phi) is 4.85. The van der Waals surface area contributed by atoms with Gasteiger partial charge in [-0.25, -0.2) is 4.79 Å². The van der Waals surface area contributed by atoms with Gasteiger partial charge in [0.25, 0.3) is 6.47 Å². The van der Waals surface area contributed by atoms with Crippen molar-refractivity contribution < 1.29 is 19.1 Å². The maximum absolute atomic E-state index is 11.8. The van der Waals surface area contributed by atoms with E-state index in [0.717, 1.165) is 17.6 Å². The zero-order chi connectivity index (χ0) is 16.2. The zero-order valence-corrected chi connectivity index (χ0v) is 13.1. The van der Waals surface area contributed by atoms with Gasteiger partial charge in [0.2, 0.25) is 0 Å². The van der Waals surface area contributed by atoms with E-state index in [2.05, 4.69) is 17.5 Å². The third-order valence-corrected chi connectivity index (χ3v) is 3.23. The molecule has 1 aromatic rings. The van der Waals surface area contributed by atoms with Crippen LogP contribution < -0.4 is 5.32 Å². The molecule has 5 heteroatoms. The van der Waals surface area contributed by atoms with Gasteiger partial charge in [0.1, 0.15) is 5.60 Å². The maximum Gasteiger partial charge on any atom is 0.410 e. The average molecular weight is 303 g/mol. The molecule has 0 spiro atoms. The Labute approximate surface area is 130 Å². The van der Waals surface area contributed by atoms with Crippen molar-refractivity contribution in [1.82, 2.24) is 5.32 Å². The molecule has 1 amide bonds. The van der Waals surface area contributed by atoms with Gasteiger partial charge >= 0.3 is 6.09 Å². The Hall–Kier alpha value is -2.30. The van der Waals surface area contributed by atoms with E-state index in [0.29, 0.717) is 12.9 Å². The third-order valence-electron chi connectivity index (χ3n) is 3.23. The number of benzene rings is 1. The SMILES string of the molecule is CC(C)(C)OC(=O)NC(CC1=CCc2ccccc21)OC=O. The number of rotatable bonds is 5. The van der Waals surface area contributed by atoms with Crippen LogP contribution in [0.25, 0.3) is 5.57 Å². The number of ether oxygens (including phenoxy) is 2. The van der Waals surface area contributed by atoms with E-state index in [-0.39, 0.29) is 0 Å². The average Bonchev–Trinajstić information content (AvgIpc) is 2.80. The Morgan fingerprint density at radius 3 is 2.77 bits per heavy atom. The molecule has 22 heavy (non-hydrogen) atoms. The number of hydrogen-bond acceptors (Lipinski definition) is 4. The van der Waals surface area contributed by atoms with E-state index in [4.69, 9.17) is 9.47 Å². The molecule has 1 aliphatic rings. The lowest BCUT2D eigenvalue weighted by atomic mass is 10.0. The number of fused-ring (bicyclic) bond motifs is 1. The quantitative estimate of drug-likeness (QED) is 0.671. The number of carbonyl (C=O) groups excluding carboxylic acids is 2. The molecule has 1 N–H and O–H groups in total. The number of amides is 1. The summed E-state index contributed by atoms with van der Waals surface area (Å²) in [4.78, 5) is 22.5. The van der Waals surface area contributed by atoms with Crippen molar-refractivity contribution >= 4 is 18.1 Å². The summed E-state index contributed by atoms with van der Waals surface area (Å²) in [6.07, 6.45) is 2.00. The molecule has 1 unspecified atom stereocenters. The minimum atomic E-state index is -0.746. The van der Waals surface area contributed by atoms with Gasteiger partial charge in [-0.3, -0.25) is 10.1 Å². The van der Waals surface area contributed by atoms with Gasteiger partial charge < -0.3 is 9.47 Å². The molecule has 1 aliphatic carbocycles. The van der Waals surface area contributed by atoms with E-state index in [1.54, 1.807) is 20.8 Å². The number of carbonyl (C=O) groups is 2. The van der Waals surface area contributed by atoms with E-state index in [1.165, 1.54) is 5.56 Å². The predicted octanol–water partition coefficient (Wildman–Crippen LogP) is 3.04. The van der Waals surface area contributed by atoms with Crippen LogP contribution in [0.4, 0.5) is 4.79 Å². The van der Waals surface area contributed by atoms with E-state index < -0.39 is 17.9 Å². The Balaban J connectivity index is 2.01.